The SMILES string of the molecule is C/C=C/C(=O)C[C@@H]1CC[C@@H](C)[C@H](CCO[Si](c2ccccc2)(c2ccccc2)C(C)(C)C)O1. The molecule has 178 valence electrons. The van der Waals surface area contributed by atoms with Gasteiger partial charge in [-0.1, -0.05) is 94.4 Å². The zero-order chi connectivity index (χ0) is 23.9. The van der Waals surface area contributed by atoms with E-state index >= 15 is 0 Å². The zero-order valence-corrected chi connectivity index (χ0v) is 21.9. The van der Waals surface area contributed by atoms with E-state index < -0.39 is 8.32 Å². The zero-order valence-electron chi connectivity index (χ0n) is 20.9. The van der Waals surface area contributed by atoms with Gasteiger partial charge in [0.2, 0.25) is 0 Å². The molecule has 1 aliphatic rings. The third kappa shape index (κ3) is 6.11. The minimum Gasteiger partial charge on any atom is -0.407 e. The van der Waals surface area contributed by atoms with Crippen LogP contribution in [0.5, 0.6) is 0 Å². The normalized spacial score (nSPS) is 21.9. The number of hydrogen-bond acceptors (Lipinski definition) is 3. The van der Waals surface area contributed by atoms with Gasteiger partial charge in [-0.3, -0.25) is 4.79 Å². The van der Waals surface area contributed by atoms with Crippen molar-refractivity contribution in [2.75, 3.05) is 6.61 Å². The molecule has 0 spiro atoms. The fourth-order valence-corrected chi connectivity index (χ4v) is 9.73. The van der Waals surface area contributed by atoms with E-state index in [1.165, 1.54) is 10.4 Å². The Labute approximate surface area is 201 Å². The largest absolute Gasteiger partial charge is 0.407 e. The van der Waals surface area contributed by atoms with Gasteiger partial charge in [0.05, 0.1) is 12.2 Å². The van der Waals surface area contributed by atoms with Gasteiger partial charge in [-0.05, 0) is 53.6 Å². The van der Waals surface area contributed by atoms with Crippen LogP contribution in [0.2, 0.25) is 5.04 Å². The Morgan fingerprint density at radius 2 is 1.61 bits per heavy atom. The number of allylic oxidation sites excluding steroid dienone is 2. The Kier molecular flexibility index (Phi) is 8.86. The Bertz CT molecular complexity index is 862. The molecule has 33 heavy (non-hydrogen) atoms. The van der Waals surface area contributed by atoms with Crippen molar-refractivity contribution in [1.29, 1.82) is 0 Å². The fraction of sp³-hybridized carbons (Fsp3) is 0.483. The van der Waals surface area contributed by atoms with Crippen LogP contribution in [0.3, 0.4) is 0 Å². The molecule has 1 heterocycles. The summed E-state index contributed by atoms with van der Waals surface area (Å²) < 4.78 is 13.5. The third-order valence-electron chi connectivity index (χ3n) is 6.87. The Balaban J connectivity index is 1.79. The Morgan fingerprint density at radius 3 is 2.12 bits per heavy atom. The van der Waals surface area contributed by atoms with Crippen molar-refractivity contribution in [1.82, 2.24) is 0 Å². The first-order chi connectivity index (χ1) is 15.8. The highest BCUT2D eigenvalue weighted by Crippen LogP contribution is 2.37. The van der Waals surface area contributed by atoms with Crippen molar-refractivity contribution < 1.29 is 14.0 Å². The molecule has 3 rings (SSSR count). The molecule has 0 aromatic heterocycles. The van der Waals surface area contributed by atoms with Crippen LogP contribution in [0.25, 0.3) is 0 Å². The van der Waals surface area contributed by atoms with Crippen LogP contribution in [0.15, 0.2) is 72.8 Å². The minimum absolute atomic E-state index is 0.0164. The van der Waals surface area contributed by atoms with Gasteiger partial charge in [0.15, 0.2) is 5.78 Å². The standard InChI is InChI=1S/C29H40O3Si/c1-6-13-24(30)22-25-19-18-23(2)28(32-25)20-21-31-33(29(3,4)5,26-14-9-7-10-15-26)27-16-11-8-12-17-27/h6-17,23,25,28H,18-22H2,1-5H3/b13-6+/t23-,25+,28+/m1/s1. The Morgan fingerprint density at radius 1 is 1.03 bits per heavy atom. The second-order valence-corrected chi connectivity index (χ2v) is 14.6. The maximum absolute atomic E-state index is 12.1. The maximum atomic E-state index is 12.1. The summed E-state index contributed by atoms with van der Waals surface area (Å²) in [5.74, 6) is 0.625. The topological polar surface area (TPSA) is 35.5 Å². The lowest BCUT2D eigenvalue weighted by molar-refractivity contribution is -0.124. The van der Waals surface area contributed by atoms with E-state index in [2.05, 4.69) is 88.4 Å². The molecule has 4 heteroatoms. The highest BCUT2D eigenvalue weighted by Gasteiger charge is 2.50. The van der Waals surface area contributed by atoms with Crippen LogP contribution in [0.1, 0.15) is 60.3 Å². The molecule has 0 unspecified atom stereocenters. The van der Waals surface area contributed by atoms with Gasteiger partial charge >= 0.3 is 0 Å². The van der Waals surface area contributed by atoms with Crippen molar-refractivity contribution >= 4 is 24.5 Å². The van der Waals surface area contributed by atoms with E-state index in [0.717, 1.165) is 19.3 Å². The number of ether oxygens (including phenoxy) is 1. The fourth-order valence-electron chi connectivity index (χ4n) is 5.15. The predicted octanol–water partition coefficient (Wildman–Crippen LogP) is 5.67. The summed E-state index contributed by atoms with van der Waals surface area (Å²) in [4.78, 5) is 12.1. The van der Waals surface area contributed by atoms with Crippen LogP contribution in [0.4, 0.5) is 0 Å². The quantitative estimate of drug-likeness (QED) is 0.354. The number of rotatable bonds is 9. The smallest absolute Gasteiger partial charge is 0.261 e. The van der Waals surface area contributed by atoms with Crippen LogP contribution >= 0.6 is 0 Å². The monoisotopic (exact) mass is 464 g/mol. The van der Waals surface area contributed by atoms with Gasteiger partial charge < -0.3 is 9.16 Å². The summed E-state index contributed by atoms with van der Waals surface area (Å²) >= 11 is 0. The molecule has 0 bridgehead atoms. The van der Waals surface area contributed by atoms with E-state index in [1.54, 1.807) is 6.08 Å². The molecule has 3 atom stereocenters. The van der Waals surface area contributed by atoms with E-state index in [9.17, 15) is 4.79 Å². The first-order valence-corrected chi connectivity index (χ1v) is 14.2. The number of hydrogen-bond donors (Lipinski definition) is 0. The van der Waals surface area contributed by atoms with Gasteiger partial charge in [-0.2, -0.15) is 0 Å². The molecule has 2 aromatic carbocycles. The second-order valence-electron chi connectivity index (χ2n) is 10.3. The van der Waals surface area contributed by atoms with Crippen molar-refractivity contribution in [2.45, 2.75) is 77.5 Å². The average molecular weight is 465 g/mol. The summed E-state index contributed by atoms with van der Waals surface area (Å²) in [5, 5.41) is 2.57. The maximum Gasteiger partial charge on any atom is 0.261 e. The Hall–Kier alpha value is -2.01. The van der Waals surface area contributed by atoms with E-state index in [-0.39, 0.29) is 23.0 Å². The van der Waals surface area contributed by atoms with Crippen LogP contribution in [-0.2, 0) is 14.0 Å². The number of carbonyl (C=O) groups excluding carboxylic acids is 1. The summed E-state index contributed by atoms with van der Waals surface area (Å²) in [7, 11) is -2.53. The molecule has 1 fully saturated rings. The summed E-state index contributed by atoms with van der Waals surface area (Å²) in [6.45, 7) is 11.7. The van der Waals surface area contributed by atoms with Gasteiger partial charge in [0.25, 0.3) is 8.32 Å². The number of carbonyl (C=O) groups is 1. The van der Waals surface area contributed by atoms with Crippen molar-refractivity contribution in [3.05, 3.63) is 72.8 Å². The summed E-state index contributed by atoms with van der Waals surface area (Å²) in [5.41, 5.74) is 0. The number of benzene rings is 2. The van der Waals surface area contributed by atoms with Crippen molar-refractivity contribution in [3.63, 3.8) is 0 Å². The highest BCUT2D eigenvalue weighted by molar-refractivity contribution is 6.99. The van der Waals surface area contributed by atoms with Crippen LogP contribution < -0.4 is 10.4 Å². The molecule has 1 aliphatic heterocycles. The van der Waals surface area contributed by atoms with Gasteiger partial charge in [0.1, 0.15) is 0 Å². The number of ketones is 1. The average Bonchev–Trinajstić information content (AvgIpc) is 2.79. The van der Waals surface area contributed by atoms with E-state index in [4.69, 9.17) is 9.16 Å². The first-order valence-electron chi connectivity index (χ1n) is 12.3. The lowest BCUT2D eigenvalue weighted by atomic mass is 9.90. The third-order valence-corrected chi connectivity index (χ3v) is 11.9. The molecule has 0 amide bonds. The second kappa shape index (κ2) is 11.4. The highest BCUT2D eigenvalue weighted by atomic mass is 28.4. The van der Waals surface area contributed by atoms with Gasteiger partial charge in [-0.15, -0.1) is 0 Å². The lowest BCUT2D eigenvalue weighted by Gasteiger charge is -2.43. The molecular weight excluding hydrogens is 424 g/mol. The van der Waals surface area contributed by atoms with E-state index in [0.29, 0.717) is 18.9 Å². The molecule has 0 radical (unpaired) electrons. The molecule has 1 saturated heterocycles. The molecule has 0 saturated carbocycles. The van der Waals surface area contributed by atoms with Gasteiger partial charge in [0, 0.05) is 13.0 Å². The van der Waals surface area contributed by atoms with Crippen LogP contribution in [-0.4, -0.2) is 32.9 Å². The summed E-state index contributed by atoms with van der Waals surface area (Å²) in [6, 6.07) is 21.5. The van der Waals surface area contributed by atoms with E-state index in [1.807, 2.05) is 13.0 Å². The molecule has 0 aliphatic carbocycles. The van der Waals surface area contributed by atoms with Crippen molar-refractivity contribution in [3.8, 4) is 0 Å². The molecular formula is C29H40O3Si. The summed E-state index contributed by atoms with van der Waals surface area (Å²) in [6.07, 6.45) is 6.98. The predicted molar refractivity (Wildman–Crippen MR) is 140 cm³/mol. The molecule has 2 aromatic rings. The van der Waals surface area contributed by atoms with Crippen molar-refractivity contribution in [2.24, 2.45) is 5.92 Å². The van der Waals surface area contributed by atoms with Gasteiger partial charge in [-0.25, -0.2) is 0 Å². The first kappa shape index (κ1) is 25.6. The minimum atomic E-state index is -2.53. The lowest BCUT2D eigenvalue weighted by Crippen LogP contribution is -2.66. The molecule has 0 N–H and O–H groups in total. The van der Waals surface area contributed by atoms with Crippen LogP contribution in [0, 0.1) is 5.92 Å². The molecule has 3 nitrogen and oxygen atoms in total.